The third-order valence-corrected chi connectivity index (χ3v) is 1.22. The number of rotatable bonds is 3. The Hall–Kier alpha value is -0.380. The maximum absolute atomic E-state index is 10.1. The van der Waals surface area contributed by atoms with Crippen molar-refractivity contribution >= 4 is 29.6 Å². The first-order valence-electron chi connectivity index (χ1n) is 5.93. The van der Waals surface area contributed by atoms with Crippen LogP contribution >= 0.6 is 0 Å². The molecule has 0 aromatic carbocycles. The number of halogens is 4. The van der Waals surface area contributed by atoms with Crippen molar-refractivity contribution in [1.82, 2.24) is 0 Å². The Balaban J connectivity index is -0.0000000604. The van der Waals surface area contributed by atoms with Gasteiger partial charge in [-0.15, -0.1) is 0 Å². The predicted molar refractivity (Wildman–Crippen MR) is 77.9 cm³/mol. The maximum Gasteiger partial charge on any atom is 0.674 e. The minimum atomic E-state index is -2.67. The second-order valence-corrected chi connectivity index (χ2v) is 2.72. The molecule has 0 aromatic heterocycles. The van der Waals surface area contributed by atoms with E-state index in [2.05, 4.69) is 25.1 Å². The maximum atomic E-state index is 10.1. The lowest BCUT2D eigenvalue weighted by Gasteiger charge is -2.11. The molecule has 8 N–H and O–H groups in total. The van der Waals surface area contributed by atoms with Crippen LogP contribution in [0.1, 0.15) is 20.8 Å². The zero-order valence-corrected chi connectivity index (χ0v) is 12.9. The Labute approximate surface area is 133 Å². The van der Waals surface area contributed by atoms with E-state index in [-0.39, 0.29) is 0 Å². The summed E-state index contributed by atoms with van der Waals surface area (Å²) in [5.41, 5.74) is 0. The van der Waals surface area contributed by atoms with Gasteiger partial charge in [0.1, 0.15) is 19.8 Å². The van der Waals surface area contributed by atoms with Gasteiger partial charge in [-0.05, 0) is 0 Å². The molecule has 0 aliphatic heterocycles. The van der Waals surface area contributed by atoms with E-state index < -0.39 is 29.6 Å². The van der Waals surface area contributed by atoms with Crippen LogP contribution in [0.4, 0.5) is 17.3 Å². The molecule has 9 nitrogen and oxygen atoms in total. The Kier molecular flexibility index (Phi) is 43.8. The average molecular weight is 358 g/mol. The van der Waals surface area contributed by atoms with E-state index in [0.717, 1.165) is 19.8 Å². The largest absolute Gasteiger partial charge is 0.674 e. The van der Waals surface area contributed by atoms with E-state index in [9.17, 15) is 17.3 Å². The summed E-state index contributed by atoms with van der Waals surface area (Å²) in [4.78, 5) is 0. The minimum absolute atomic E-state index is 1.10. The zero-order valence-electron chi connectivity index (χ0n) is 12.9. The fraction of sp³-hybridized carbons (Fsp3) is 1.00. The summed E-state index contributed by atoms with van der Waals surface area (Å²) in [6.45, 7) is 9.76. The van der Waals surface area contributed by atoms with Crippen molar-refractivity contribution in [2.75, 3.05) is 19.8 Å². The van der Waals surface area contributed by atoms with Crippen LogP contribution in [-0.4, -0.2) is 89.6 Å². The van der Waals surface area contributed by atoms with E-state index in [0.29, 0.717) is 0 Å². The van der Waals surface area contributed by atoms with Gasteiger partial charge in [0.15, 0.2) is 0 Å². The van der Waals surface area contributed by atoms with Crippen LogP contribution in [0.2, 0.25) is 0 Å². The molecule has 17 heteroatoms. The van der Waals surface area contributed by atoms with E-state index in [1.165, 1.54) is 0 Å². The Morgan fingerprint density at radius 1 is 0.522 bits per heavy atom. The summed E-state index contributed by atoms with van der Waals surface area (Å²) in [5.74, 6) is 0. The van der Waals surface area contributed by atoms with Gasteiger partial charge in [0, 0.05) is 20.8 Å². The van der Waals surface area contributed by atoms with Crippen molar-refractivity contribution in [3.63, 3.8) is 0 Å². The third-order valence-electron chi connectivity index (χ3n) is 1.22. The molecule has 0 amide bonds. The van der Waals surface area contributed by atoms with Gasteiger partial charge >= 0.3 is 29.6 Å². The van der Waals surface area contributed by atoms with Crippen molar-refractivity contribution in [3.8, 4) is 0 Å². The number of hydrogen-bond acceptors (Lipinski definition) is 8. The van der Waals surface area contributed by atoms with Gasteiger partial charge in [-0.3, -0.25) is 17.3 Å². The summed E-state index contributed by atoms with van der Waals surface area (Å²) in [6.07, 6.45) is 0. The van der Waals surface area contributed by atoms with Crippen molar-refractivity contribution in [2.24, 2.45) is 0 Å². The first-order chi connectivity index (χ1) is 10.3. The highest BCUT2D eigenvalue weighted by atomic mass is 19.1. The number of hydrogen-bond donors (Lipinski definition) is 8. The molecule has 0 aliphatic rings. The lowest BCUT2D eigenvalue weighted by Crippen LogP contribution is -2.11. The molecule has 0 spiro atoms. The quantitative estimate of drug-likeness (QED) is 0.153. The van der Waals surface area contributed by atoms with Gasteiger partial charge in [0.25, 0.3) is 0 Å². The SMILES string of the molecule is CC[O+](CC)CC.OB(O)F.OB(O)F.OB(O)F.OB(O)F. The van der Waals surface area contributed by atoms with Crippen LogP contribution in [0, 0.1) is 0 Å². The highest BCUT2D eigenvalue weighted by Gasteiger charge is 1.98. The molecule has 0 rings (SSSR count). The molecule has 140 valence electrons. The summed E-state index contributed by atoms with van der Waals surface area (Å²) in [6, 6.07) is 0. The monoisotopic (exact) mass is 359 g/mol. The molecule has 0 saturated carbocycles. The predicted octanol–water partition coefficient (Wildman–Crippen LogP) is -2.70. The molecule has 0 aliphatic carbocycles. The Bertz CT molecular complexity index is 142. The zero-order chi connectivity index (χ0) is 20.0. The summed E-state index contributed by atoms with van der Waals surface area (Å²) >= 11 is 0. The molecule has 0 saturated heterocycles. The standard InChI is InChI=1S/C6H15O.4BFH2O2/c1-4-7(5-2)6-3;4*2-1(3)4/h4-6H2,1-3H3;4*3-4H/q+1;;;;. The van der Waals surface area contributed by atoms with Crippen LogP contribution in [0.3, 0.4) is 0 Å². The summed E-state index contributed by atoms with van der Waals surface area (Å²) in [7, 11) is -10.7. The first-order valence-corrected chi connectivity index (χ1v) is 5.93. The second-order valence-electron chi connectivity index (χ2n) is 2.72. The van der Waals surface area contributed by atoms with Gasteiger partial charge in [-0.1, -0.05) is 0 Å². The van der Waals surface area contributed by atoms with Crippen molar-refractivity contribution in [2.45, 2.75) is 20.8 Å². The first kappa shape index (κ1) is 34.1. The lowest BCUT2D eigenvalue weighted by atomic mass is 10.3. The lowest BCUT2D eigenvalue weighted by molar-refractivity contribution is -0.119. The summed E-state index contributed by atoms with van der Waals surface area (Å²) < 4.78 is 43.5. The molecule has 0 bridgehead atoms. The topological polar surface area (TPSA) is 165 Å². The van der Waals surface area contributed by atoms with Crippen molar-refractivity contribution in [3.05, 3.63) is 0 Å². The van der Waals surface area contributed by atoms with Gasteiger partial charge < -0.3 is 44.6 Å². The molecule has 0 atom stereocenters. The molecule has 0 fully saturated rings. The highest BCUT2D eigenvalue weighted by molar-refractivity contribution is 6.32. The van der Waals surface area contributed by atoms with Gasteiger partial charge in [-0.25, -0.2) is 0 Å². The van der Waals surface area contributed by atoms with Crippen LogP contribution in [0.5, 0.6) is 0 Å². The average Bonchev–Trinajstić information content (AvgIpc) is 2.28. The van der Waals surface area contributed by atoms with Crippen LogP contribution in [0.15, 0.2) is 0 Å². The van der Waals surface area contributed by atoms with Crippen LogP contribution < -0.4 is 0 Å². The molecule has 0 unspecified atom stereocenters. The molecule has 0 radical (unpaired) electrons. The smallest absolute Gasteiger partial charge is 0.422 e. The van der Waals surface area contributed by atoms with Crippen LogP contribution in [0.25, 0.3) is 0 Å². The van der Waals surface area contributed by atoms with E-state index >= 15 is 0 Å². The Morgan fingerprint density at radius 3 is 0.609 bits per heavy atom. The third kappa shape index (κ3) is 264. The Morgan fingerprint density at radius 2 is 0.609 bits per heavy atom. The molecular weight excluding hydrogens is 335 g/mol. The highest BCUT2D eigenvalue weighted by Crippen LogP contribution is 1.90. The fourth-order valence-corrected chi connectivity index (χ4v) is 0.612. The van der Waals surface area contributed by atoms with Gasteiger partial charge in [0.05, 0.1) is 0 Å². The fourth-order valence-electron chi connectivity index (χ4n) is 0.612. The van der Waals surface area contributed by atoms with Gasteiger partial charge in [-0.2, -0.15) is 0 Å². The molecule has 0 heterocycles. The minimum Gasteiger partial charge on any atom is -0.422 e. The van der Waals surface area contributed by atoms with Crippen LogP contribution in [-0.2, 0) is 4.37 Å². The summed E-state index contributed by atoms with van der Waals surface area (Å²) in [5, 5.41) is 55.6. The van der Waals surface area contributed by atoms with Gasteiger partial charge in [0.2, 0.25) is 0 Å². The second kappa shape index (κ2) is 29.6. The van der Waals surface area contributed by atoms with Crippen molar-refractivity contribution < 1.29 is 61.8 Å². The molecule has 0 aromatic rings. The van der Waals surface area contributed by atoms with E-state index in [4.69, 9.17) is 40.2 Å². The normalized spacial score (nSPS) is 7.83. The molecular formula is C6H23B4F4O9+. The van der Waals surface area contributed by atoms with E-state index in [1.54, 1.807) is 0 Å². The van der Waals surface area contributed by atoms with E-state index in [1.807, 2.05) is 0 Å². The van der Waals surface area contributed by atoms with Crippen molar-refractivity contribution in [1.29, 1.82) is 0 Å². The molecule has 23 heavy (non-hydrogen) atoms.